The summed E-state index contributed by atoms with van der Waals surface area (Å²) in [6, 6.07) is 7.39. The van der Waals surface area contributed by atoms with Crippen molar-refractivity contribution in [1.82, 2.24) is 15.0 Å². The Morgan fingerprint density at radius 3 is 3.05 bits per heavy atom. The number of aliphatic hydroxyl groups excluding tert-OH is 1. The number of ether oxygens (including phenoxy) is 1. The molecule has 0 fully saturated rings. The monoisotopic (exact) mass is 281 g/mol. The number of pyridine rings is 1. The van der Waals surface area contributed by atoms with E-state index >= 15 is 0 Å². The zero-order chi connectivity index (χ0) is 14.6. The fourth-order valence-corrected chi connectivity index (χ4v) is 2.52. The Morgan fingerprint density at radius 2 is 2.19 bits per heavy atom. The Labute approximate surface area is 119 Å². The summed E-state index contributed by atoms with van der Waals surface area (Å²) in [4.78, 5) is 22.1. The number of nitrogens with zero attached hydrogens (tertiary/aromatic N) is 2. The van der Waals surface area contributed by atoms with Crippen molar-refractivity contribution in [3.8, 4) is 17.0 Å². The molecule has 0 spiro atoms. The summed E-state index contributed by atoms with van der Waals surface area (Å²) < 4.78 is 5.51. The van der Waals surface area contributed by atoms with Gasteiger partial charge in [-0.15, -0.1) is 0 Å². The number of aromatic nitrogens is 3. The Balaban J connectivity index is 2.08. The number of aryl methyl sites for hydroxylation is 1. The molecule has 2 N–H and O–H groups in total. The van der Waals surface area contributed by atoms with Gasteiger partial charge in [0.25, 0.3) is 0 Å². The zero-order valence-electron chi connectivity index (χ0n) is 11.1. The van der Waals surface area contributed by atoms with Crippen molar-refractivity contribution in [3.63, 3.8) is 0 Å². The number of benzene rings is 1. The van der Waals surface area contributed by atoms with E-state index in [0.717, 1.165) is 11.1 Å². The quantitative estimate of drug-likeness (QED) is 0.654. The van der Waals surface area contributed by atoms with E-state index in [2.05, 4.69) is 15.0 Å². The summed E-state index contributed by atoms with van der Waals surface area (Å²) in [5.74, 6) is 0.573. The van der Waals surface area contributed by atoms with Crippen LogP contribution in [0.25, 0.3) is 22.3 Å². The average molecular weight is 281 g/mol. The molecule has 3 aromatic rings. The second-order valence-electron chi connectivity index (χ2n) is 5.02. The van der Waals surface area contributed by atoms with Crippen LogP contribution >= 0.6 is 0 Å². The topological polar surface area (TPSA) is 88.1 Å². The number of aromatic amines is 1. The molecule has 3 heterocycles. The summed E-state index contributed by atoms with van der Waals surface area (Å²) in [5.41, 5.74) is 3.03. The maximum absolute atomic E-state index is 11.3. The van der Waals surface area contributed by atoms with Crippen molar-refractivity contribution in [1.29, 1.82) is 0 Å². The predicted molar refractivity (Wildman–Crippen MR) is 75.9 cm³/mol. The molecule has 6 heteroatoms. The van der Waals surface area contributed by atoms with Gasteiger partial charge in [-0.25, -0.2) is 14.8 Å². The molecule has 0 saturated carbocycles. The third-order valence-corrected chi connectivity index (χ3v) is 3.52. The summed E-state index contributed by atoms with van der Waals surface area (Å²) in [6.45, 7) is 1.97. The van der Waals surface area contributed by atoms with Crippen LogP contribution in [0.5, 0.6) is 5.75 Å². The van der Waals surface area contributed by atoms with Crippen LogP contribution in [0.15, 0.2) is 35.3 Å². The molecule has 0 radical (unpaired) electrons. The third-order valence-electron chi connectivity index (χ3n) is 3.52. The Hall–Kier alpha value is -2.73. The second kappa shape index (κ2) is 4.13. The average Bonchev–Trinajstić information content (AvgIpc) is 2.47. The molecule has 1 aliphatic heterocycles. The van der Waals surface area contributed by atoms with E-state index in [1.54, 1.807) is 12.1 Å². The highest BCUT2D eigenvalue weighted by Crippen LogP contribution is 2.41. The van der Waals surface area contributed by atoms with Gasteiger partial charge in [-0.1, -0.05) is 11.6 Å². The Bertz CT molecular complexity index is 933. The molecule has 0 bridgehead atoms. The lowest BCUT2D eigenvalue weighted by molar-refractivity contribution is -0.0215. The van der Waals surface area contributed by atoms with Crippen molar-refractivity contribution in [2.24, 2.45) is 0 Å². The lowest BCUT2D eigenvalue weighted by Gasteiger charge is -2.25. The van der Waals surface area contributed by atoms with Crippen LogP contribution in [-0.4, -0.2) is 20.1 Å². The first-order valence-corrected chi connectivity index (χ1v) is 6.47. The number of hydrogen-bond acceptors (Lipinski definition) is 5. The number of H-pyrrole nitrogens is 1. The fourth-order valence-electron chi connectivity index (χ4n) is 2.52. The van der Waals surface area contributed by atoms with Crippen molar-refractivity contribution in [2.75, 3.05) is 0 Å². The van der Waals surface area contributed by atoms with Crippen LogP contribution < -0.4 is 10.4 Å². The van der Waals surface area contributed by atoms with Crippen molar-refractivity contribution in [3.05, 3.63) is 52.1 Å². The molecule has 1 aliphatic rings. The zero-order valence-corrected chi connectivity index (χ0v) is 11.1. The van der Waals surface area contributed by atoms with Crippen molar-refractivity contribution >= 4 is 11.0 Å². The van der Waals surface area contributed by atoms with E-state index in [1.807, 2.05) is 19.1 Å². The molecule has 0 saturated heterocycles. The number of aliphatic hydroxyl groups is 1. The highest BCUT2D eigenvalue weighted by atomic mass is 16.6. The minimum absolute atomic E-state index is 0.440. The standard InChI is InChI=1S/C15H11N3O3/c1-7-2-3-11-9(4-7)12-10(14(19)21-11)5-8-6-16-15(20)18-13(8)17-12/h2-6,14,19H,1H3,(H,16,17,18,20)/t14-/m1/s1. The maximum atomic E-state index is 11.3. The van der Waals surface area contributed by atoms with E-state index in [9.17, 15) is 9.90 Å². The van der Waals surface area contributed by atoms with Crippen LogP contribution in [-0.2, 0) is 0 Å². The van der Waals surface area contributed by atoms with Gasteiger partial charge in [0, 0.05) is 22.7 Å². The minimum Gasteiger partial charge on any atom is -0.460 e. The van der Waals surface area contributed by atoms with Crippen LogP contribution in [0.1, 0.15) is 17.4 Å². The molecular formula is C15H11N3O3. The number of rotatable bonds is 0. The molecule has 6 nitrogen and oxygen atoms in total. The number of fused-ring (bicyclic) bond motifs is 4. The molecule has 1 atom stereocenters. The van der Waals surface area contributed by atoms with Gasteiger partial charge in [0.2, 0.25) is 6.29 Å². The smallest absolute Gasteiger partial charge is 0.346 e. The summed E-state index contributed by atoms with van der Waals surface area (Å²) in [5, 5.41) is 10.8. The number of hydrogen-bond donors (Lipinski definition) is 2. The van der Waals surface area contributed by atoms with E-state index in [4.69, 9.17) is 4.74 Å². The van der Waals surface area contributed by atoms with Crippen LogP contribution in [0, 0.1) is 6.92 Å². The van der Waals surface area contributed by atoms with Gasteiger partial charge in [0.05, 0.1) is 5.69 Å². The summed E-state index contributed by atoms with van der Waals surface area (Å²) in [6.07, 6.45) is 0.346. The van der Waals surface area contributed by atoms with E-state index < -0.39 is 12.0 Å². The highest BCUT2D eigenvalue weighted by molar-refractivity contribution is 5.82. The van der Waals surface area contributed by atoms with E-state index in [1.165, 1.54) is 6.20 Å². The maximum Gasteiger partial charge on any atom is 0.346 e. The van der Waals surface area contributed by atoms with Gasteiger partial charge < -0.3 is 9.84 Å². The van der Waals surface area contributed by atoms with Gasteiger partial charge >= 0.3 is 5.69 Å². The van der Waals surface area contributed by atoms with Crippen LogP contribution in [0.2, 0.25) is 0 Å². The highest BCUT2D eigenvalue weighted by Gasteiger charge is 2.26. The Morgan fingerprint density at radius 1 is 1.33 bits per heavy atom. The molecular weight excluding hydrogens is 270 g/mol. The molecule has 0 aliphatic carbocycles. The number of nitrogens with one attached hydrogen (secondary N) is 1. The van der Waals surface area contributed by atoms with Gasteiger partial charge in [-0.05, 0) is 25.1 Å². The molecule has 0 amide bonds. The van der Waals surface area contributed by atoms with Crippen molar-refractivity contribution in [2.45, 2.75) is 13.2 Å². The van der Waals surface area contributed by atoms with Gasteiger partial charge in [-0.2, -0.15) is 0 Å². The first-order chi connectivity index (χ1) is 10.1. The largest absolute Gasteiger partial charge is 0.460 e. The van der Waals surface area contributed by atoms with Crippen LogP contribution in [0.3, 0.4) is 0 Å². The lowest BCUT2D eigenvalue weighted by atomic mass is 9.99. The fraction of sp³-hybridized carbons (Fsp3) is 0.133. The minimum atomic E-state index is -1.08. The lowest BCUT2D eigenvalue weighted by Crippen LogP contribution is -2.16. The predicted octanol–water partition coefficient (Wildman–Crippen LogP) is 1.68. The first kappa shape index (κ1) is 12.0. The molecule has 21 heavy (non-hydrogen) atoms. The summed E-state index contributed by atoms with van der Waals surface area (Å²) in [7, 11) is 0. The normalized spacial score (nSPS) is 16.2. The molecule has 1 aromatic carbocycles. The Kier molecular flexibility index (Phi) is 2.37. The van der Waals surface area contributed by atoms with Gasteiger partial charge in [0.15, 0.2) is 0 Å². The van der Waals surface area contributed by atoms with E-state index in [-0.39, 0.29) is 0 Å². The van der Waals surface area contributed by atoms with Gasteiger partial charge in [-0.3, -0.25) is 4.98 Å². The van der Waals surface area contributed by atoms with Crippen molar-refractivity contribution < 1.29 is 9.84 Å². The third kappa shape index (κ3) is 1.80. The molecule has 104 valence electrons. The SMILES string of the molecule is Cc1ccc2c(c1)-c1nc3[nH]c(=O)ncc3cc1[C@H](O)O2. The molecule has 4 rings (SSSR count). The second-order valence-corrected chi connectivity index (χ2v) is 5.02. The van der Waals surface area contributed by atoms with Gasteiger partial charge in [0.1, 0.15) is 11.4 Å². The first-order valence-electron chi connectivity index (χ1n) is 6.47. The molecule has 0 unspecified atom stereocenters. The summed E-state index contributed by atoms with van der Waals surface area (Å²) >= 11 is 0. The van der Waals surface area contributed by atoms with Crippen LogP contribution in [0.4, 0.5) is 0 Å². The molecule has 2 aromatic heterocycles. The van der Waals surface area contributed by atoms with E-state index in [0.29, 0.717) is 28.0 Å².